The van der Waals surface area contributed by atoms with Gasteiger partial charge in [-0.25, -0.2) is 0 Å². The van der Waals surface area contributed by atoms with Gasteiger partial charge in [-0.2, -0.15) is 0 Å². The van der Waals surface area contributed by atoms with Gasteiger partial charge in [0.15, 0.2) is 4.77 Å². The number of ether oxygens (including phenoxy) is 1. The summed E-state index contributed by atoms with van der Waals surface area (Å²) < 4.78 is 7.58. The maximum atomic E-state index is 13.1. The van der Waals surface area contributed by atoms with Crippen LogP contribution in [0.15, 0.2) is 60.8 Å². The van der Waals surface area contributed by atoms with Crippen molar-refractivity contribution in [1.82, 2.24) is 19.8 Å². The van der Waals surface area contributed by atoms with Gasteiger partial charge < -0.3 is 15.0 Å². The van der Waals surface area contributed by atoms with Crippen LogP contribution in [0.3, 0.4) is 0 Å². The van der Waals surface area contributed by atoms with E-state index in [0.717, 1.165) is 24.5 Å². The first-order valence-electron chi connectivity index (χ1n) is 10.7. The lowest BCUT2D eigenvalue weighted by molar-refractivity contribution is 0.0917. The Labute approximate surface area is 187 Å². The van der Waals surface area contributed by atoms with Crippen molar-refractivity contribution in [3.8, 4) is 11.4 Å². The highest BCUT2D eigenvalue weighted by atomic mass is 32.1. The maximum Gasteiger partial charge on any atom is 0.269 e. The van der Waals surface area contributed by atoms with Gasteiger partial charge in [0, 0.05) is 18.4 Å². The summed E-state index contributed by atoms with van der Waals surface area (Å²) >= 11 is 5.42. The third-order valence-electron chi connectivity index (χ3n) is 5.81. The van der Waals surface area contributed by atoms with E-state index >= 15 is 0 Å². The van der Waals surface area contributed by atoms with E-state index in [-0.39, 0.29) is 11.9 Å². The monoisotopic (exact) mass is 436 g/mol. The molecule has 1 saturated heterocycles. The quantitative estimate of drug-likeness (QED) is 0.536. The Bertz CT molecular complexity index is 1050. The van der Waals surface area contributed by atoms with Crippen LogP contribution in [0.4, 0.5) is 0 Å². The molecule has 1 aliphatic heterocycles. The number of carbonyl (C=O) groups is 1. The lowest BCUT2D eigenvalue weighted by atomic mass is 10.0. The first-order chi connectivity index (χ1) is 15.2. The number of piperidine rings is 1. The molecular weight excluding hydrogens is 408 g/mol. The topological polar surface area (TPSA) is 62.3 Å². The van der Waals surface area contributed by atoms with Crippen LogP contribution in [0.2, 0.25) is 0 Å². The van der Waals surface area contributed by atoms with Crippen LogP contribution in [0, 0.1) is 4.77 Å². The molecule has 0 aliphatic carbocycles. The molecule has 1 atom stereocenters. The van der Waals surface area contributed by atoms with Gasteiger partial charge in [0.25, 0.3) is 5.91 Å². The summed E-state index contributed by atoms with van der Waals surface area (Å²) in [7, 11) is 1.67. The number of aromatic amines is 1. The summed E-state index contributed by atoms with van der Waals surface area (Å²) in [6, 6.07) is 17.9. The molecule has 2 N–H and O–H groups in total. The lowest BCUT2D eigenvalue weighted by Crippen LogP contribution is -2.41. The Morgan fingerprint density at radius 3 is 2.48 bits per heavy atom. The molecule has 2 heterocycles. The van der Waals surface area contributed by atoms with E-state index in [9.17, 15) is 4.79 Å². The number of rotatable bonds is 7. The van der Waals surface area contributed by atoms with Crippen LogP contribution in [0.25, 0.3) is 5.69 Å². The zero-order valence-electron chi connectivity index (χ0n) is 17.7. The van der Waals surface area contributed by atoms with Gasteiger partial charge in [-0.1, -0.05) is 36.8 Å². The van der Waals surface area contributed by atoms with Gasteiger partial charge in [0.2, 0.25) is 0 Å². The summed E-state index contributed by atoms with van der Waals surface area (Å²) in [6.07, 6.45) is 5.31. The Morgan fingerprint density at radius 1 is 1.10 bits per heavy atom. The van der Waals surface area contributed by atoms with E-state index in [1.807, 2.05) is 42.5 Å². The third kappa shape index (κ3) is 4.89. The number of likely N-dealkylation sites (tertiary alicyclic amines) is 1. The molecule has 0 radical (unpaired) electrons. The predicted octanol–water partition coefficient (Wildman–Crippen LogP) is 4.50. The number of H-pyrrole nitrogens is 1. The van der Waals surface area contributed by atoms with Gasteiger partial charge in [-0.3, -0.25) is 14.3 Å². The molecule has 2 aromatic carbocycles. The number of nitrogens with one attached hydrogen (secondary N) is 2. The maximum absolute atomic E-state index is 13.1. The second-order valence-electron chi connectivity index (χ2n) is 7.75. The van der Waals surface area contributed by atoms with Crippen molar-refractivity contribution >= 4 is 18.1 Å². The van der Waals surface area contributed by atoms with Crippen molar-refractivity contribution in [2.75, 3.05) is 26.7 Å². The molecule has 0 unspecified atom stereocenters. The van der Waals surface area contributed by atoms with Gasteiger partial charge in [0.1, 0.15) is 11.4 Å². The average Bonchev–Trinajstić information content (AvgIpc) is 3.22. The SMILES string of the molecule is COc1ccc([C@@H](CNC(=O)c2c[nH]c(=S)n2-c2ccccc2)N2CCCCC2)cc1. The molecular formula is C24H28N4O2S. The Kier molecular flexibility index (Phi) is 6.84. The van der Waals surface area contributed by atoms with Crippen molar-refractivity contribution in [2.24, 2.45) is 0 Å². The number of benzene rings is 2. The molecule has 1 aromatic heterocycles. The molecule has 1 fully saturated rings. The van der Waals surface area contributed by atoms with Gasteiger partial charge in [-0.05, 0) is 68.0 Å². The molecule has 0 spiro atoms. The Balaban J connectivity index is 1.54. The molecule has 6 nitrogen and oxygen atoms in total. The number of nitrogens with zero attached hydrogens (tertiary/aromatic N) is 2. The minimum absolute atomic E-state index is 0.113. The van der Waals surface area contributed by atoms with Crippen molar-refractivity contribution in [2.45, 2.75) is 25.3 Å². The molecule has 162 valence electrons. The Hall–Kier alpha value is -2.90. The molecule has 0 saturated carbocycles. The molecule has 31 heavy (non-hydrogen) atoms. The molecule has 1 aliphatic rings. The van der Waals surface area contributed by atoms with E-state index < -0.39 is 0 Å². The normalized spacial score (nSPS) is 15.4. The highest BCUT2D eigenvalue weighted by molar-refractivity contribution is 7.71. The van der Waals surface area contributed by atoms with E-state index in [2.05, 4.69) is 27.3 Å². The highest BCUT2D eigenvalue weighted by Crippen LogP contribution is 2.26. The van der Waals surface area contributed by atoms with Crippen LogP contribution in [0.1, 0.15) is 41.4 Å². The minimum atomic E-state index is -0.147. The fourth-order valence-corrected chi connectivity index (χ4v) is 4.43. The second-order valence-corrected chi connectivity index (χ2v) is 8.13. The zero-order chi connectivity index (χ0) is 21.6. The highest BCUT2D eigenvalue weighted by Gasteiger charge is 2.24. The fraction of sp³-hybridized carbons (Fsp3) is 0.333. The van der Waals surface area contributed by atoms with Gasteiger partial charge in [-0.15, -0.1) is 0 Å². The summed E-state index contributed by atoms with van der Waals surface area (Å²) in [5.74, 6) is 0.686. The van der Waals surface area contributed by atoms with Crippen LogP contribution >= 0.6 is 12.2 Å². The number of hydrogen-bond acceptors (Lipinski definition) is 4. The largest absolute Gasteiger partial charge is 0.497 e. The standard InChI is InChI=1S/C24H28N4O2S/c1-30-20-12-10-18(11-13-20)21(27-14-6-3-7-15-27)16-25-23(29)22-17-26-24(31)28(22)19-8-4-2-5-9-19/h2,4-5,8-13,17,21H,3,6-7,14-16H2,1H3,(H,25,29)(H,26,31)/t21-/m1/s1. The van der Waals surface area contributed by atoms with Crippen LogP contribution in [-0.2, 0) is 0 Å². The molecule has 1 amide bonds. The first-order valence-corrected chi connectivity index (χ1v) is 11.1. The van der Waals surface area contributed by atoms with Crippen molar-refractivity contribution < 1.29 is 9.53 Å². The van der Waals surface area contributed by atoms with Gasteiger partial charge in [0.05, 0.1) is 13.2 Å². The number of imidazole rings is 1. The van der Waals surface area contributed by atoms with Crippen LogP contribution in [-0.4, -0.2) is 47.1 Å². The van der Waals surface area contributed by atoms with Gasteiger partial charge >= 0.3 is 0 Å². The lowest BCUT2D eigenvalue weighted by Gasteiger charge is -2.35. The minimum Gasteiger partial charge on any atom is -0.497 e. The average molecular weight is 437 g/mol. The smallest absolute Gasteiger partial charge is 0.269 e. The summed E-state index contributed by atoms with van der Waals surface area (Å²) in [5, 5.41) is 3.15. The first kappa shape index (κ1) is 21.3. The second kappa shape index (κ2) is 9.94. The molecule has 0 bridgehead atoms. The summed E-state index contributed by atoms with van der Waals surface area (Å²) in [5.41, 5.74) is 2.54. The Morgan fingerprint density at radius 2 is 1.81 bits per heavy atom. The van der Waals surface area contributed by atoms with Crippen molar-refractivity contribution in [3.63, 3.8) is 0 Å². The predicted molar refractivity (Wildman–Crippen MR) is 124 cm³/mol. The number of hydrogen-bond donors (Lipinski definition) is 2. The third-order valence-corrected chi connectivity index (χ3v) is 6.11. The number of para-hydroxylation sites is 1. The van der Waals surface area contributed by atoms with Crippen molar-refractivity contribution in [3.05, 3.63) is 76.8 Å². The fourth-order valence-electron chi connectivity index (χ4n) is 4.16. The molecule has 3 aromatic rings. The van der Waals surface area contributed by atoms with E-state index in [1.54, 1.807) is 17.9 Å². The summed E-state index contributed by atoms with van der Waals surface area (Å²) in [4.78, 5) is 18.6. The van der Waals surface area contributed by atoms with E-state index in [0.29, 0.717) is 17.0 Å². The number of amides is 1. The van der Waals surface area contributed by atoms with E-state index in [1.165, 1.54) is 24.8 Å². The van der Waals surface area contributed by atoms with E-state index in [4.69, 9.17) is 17.0 Å². The molecule has 4 rings (SSSR count). The zero-order valence-corrected chi connectivity index (χ0v) is 18.5. The summed E-state index contributed by atoms with van der Waals surface area (Å²) in [6.45, 7) is 2.60. The van der Waals surface area contributed by atoms with Crippen LogP contribution < -0.4 is 10.1 Å². The molecule has 7 heteroatoms. The number of carbonyl (C=O) groups excluding carboxylic acids is 1. The van der Waals surface area contributed by atoms with Crippen molar-refractivity contribution in [1.29, 1.82) is 0 Å². The van der Waals surface area contributed by atoms with Crippen LogP contribution in [0.5, 0.6) is 5.75 Å². The number of methoxy groups -OCH3 is 1. The number of aromatic nitrogens is 2.